The van der Waals surface area contributed by atoms with Gasteiger partial charge in [0.15, 0.2) is 0 Å². The first-order valence-electron chi connectivity index (χ1n) is 11.7. The predicted molar refractivity (Wildman–Crippen MR) is 120 cm³/mol. The van der Waals surface area contributed by atoms with Crippen LogP contribution in [0.2, 0.25) is 0 Å². The van der Waals surface area contributed by atoms with Gasteiger partial charge in [-0.25, -0.2) is 9.78 Å². The highest BCUT2D eigenvalue weighted by atomic mass is 16.6. The molecular weight excluding hydrogens is 394 g/mol. The van der Waals surface area contributed by atoms with Crippen molar-refractivity contribution in [2.45, 2.75) is 84.5 Å². The molecule has 0 spiro atoms. The van der Waals surface area contributed by atoms with Crippen LogP contribution in [0.15, 0.2) is 12.4 Å². The molecule has 0 saturated carbocycles. The molecule has 2 aliphatic rings. The van der Waals surface area contributed by atoms with Gasteiger partial charge in [-0.3, -0.25) is 14.6 Å². The lowest BCUT2D eigenvalue weighted by Crippen LogP contribution is -2.49. The van der Waals surface area contributed by atoms with Gasteiger partial charge in [0.05, 0.1) is 6.54 Å². The van der Waals surface area contributed by atoms with Gasteiger partial charge in [-0.1, -0.05) is 0 Å². The number of aromatic nitrogens is 2. The largest absolute Gasteiger partial charge is 0.444 e. The Bertz CT molecular complexity index is 755. The average molecular weight is 434 g/mol. The minimum Gasteiger partial charge on any atom is -0.444 e. The molecule has 2 fully saturated rings. The van der Waals surface area contributed by atoms with Crippen LogP contribution in [0.25, 0.3) is 0 Å². The number of hydrogen-bond acceptors (Lipinski definition) is 5. The molecule has 174 valence electrons. The molecule has 2 atom stereocenters. The monoisotopic (exact) mass is 433 g/mol. The molecule has 2 saturated heterocycles. The number of rotatable bonds is 6. The van der Waals surface area contributed by atoms with Crippen LogP contribution >= 0.6 is 0 Å². The molecule has 1 N–H and O–H groups in total. The first-order chi connectivity index (χ1) is 14.6. The quantitative estimate of drug-likeness (QED) is 0.745. The second-order valence-corrected chi connectivity index (χ2v) is 10.2. The molecule has 0 radical (unpaired) electrons. The van der Waals surface area contributed by atoms with Crippen LogP contribution in [0, 0.1) is 5.92 Å². The van der Waals surface area contributed by atoms with Crippen LogP contribution < -0.4 is 5.32 Å². The van der Waals surface area contributed by atoms with Crippen molar-refractivity contribution in [1.82, 2.24) is 24.7 Å². The number of hydrogen-bond donors (Lipinski definition) is 1. The summed E-state index contributed by atoms with van der Waals surface area (Å²) in [7, 11) is 0. The van der Waals surface area contributed by atoms with Crippen LogP contribution in [-0.4, -0.2) is 69.2 Å². The summed E-state index contributed by atoms with van der Waals surface area (Å²) < 4.78 is 7.70. The van der Waals surface area contributed by atoms with E-state index < -0.39 is 17.7 Å². The van der Waals surface area contributed by atoms with Crippen LogP contribution in [0.5, 0.6) is 0 Å². The van der Waals surface area contributed by atoms with Crippen molar-refractivity contribution in [2.24, 2.45) is 5.92 Å². The van der Waals surface area contributed by atoms with Gasteiger partial charge in [0.1, 0.15) is 17.5 Å². The summed E-state index contributed by atoms with van der Waals surface area (Å²) in [5.41, 5.74) is -0.559. The van der Waals surface area contributed by atoms with Crippen LogP contribution in [-0.2, 0) is 16.1 Å². The normalized spacial score (nSPS) is 22.7. The van der Waals surface area contributed by atoms with E-state index in [1.54, 1.807) is 4.90 Å². The Labute approximate surface area is 186 Å². The number of nitrogens with zero attached hydrogens (tertiary/aromatic N) is 4. The fourth-order valence-corrected chi connectivity index (χ4v) is 4.54. The molecule has 2 aliphatic heterocycles. The molecule has 1 aromatic rings. The number of piperidine rings is 1. The highest BCUT2D eigenvalue weighted by Crippen LogP contribution is 2.22. The van der Waals surface area contributed by atoms with E-state index in [0.29, 0.717) is 31.5 Å². The number of carbonyl (C=O) groups is 2. The fraction of sp³-hybridized carbons (Fsp3) is 0.783. The minimum absolute atomic E-state index is 0.0594. The molecule has 31 heavy (non-hydrogen) atoms. The topological polar surface area (TPSA) is 79.7 Å². The third-order valence-corrected chi connectivity index (χ3v) is 6.02. The van der Waals surface area contributed by atoms with Crippen molar-refractivity contribution in [2.75, 3.05) is 26.2 Å². The van der Waals surface area contributed by atoms with Crippen molar-refractivity contribution in [3.63, 3.8) is 0 Å². The highest BCUT2D eigenvalue weighted by Gasteiger charge is 2.36. The predicted octanol–water partition coefficient (Wildman–Crippen LogP) is 3.19. The molecule has 0 unspecified atom stereocenters. The van der Waals surface area contributed by atoms with E-state index in [9.17, 15) is 9.59 Å². The van der Waals surface area contributed by atoms with Crippen molar-refractivity contribution < 1.29 is 14.3 Å². The highest BCUT2D eigenvalue weighted by molar-refractivity contribution is 5.86. The average Bonchev–Trinajstić information content (AvgIpc) is 3.34. The number of ether oxygens (including phenoxy) is 1. The summed E-state index contributed by atoms with van der Waals surface area (Å²) in [5.74, 6) is 1.45. The molecule has 3 rings (SSSR count). The summed E-state index contributed by atoms with van der Waals surface area (Å²) in [4.78, 5) is 33.9. The number of nitrogens with one attached hydrogen (secondary N) is 1. The summed E-state index contributed by atoms with van der Waals surface area (Å²) in [6.45, 7) is 13.9. The van der Waals surface area contributed by atoms with E-state index in [-0.39, 0.29) is 5.91 Å². The van der Waals surface area contributed by atoms with E-state index >= 15 is 0 Å². The van der Waals surface area contributed by atoms with Gasteiger partial charge in [-0.05, 0) is 72.8 Å². The van der Waals surface area contributed by atoms with E-state index in [1.807, 2.05) is 33.2 Å². The van der Waals surface area contributed by atoms with E-state index in [2.05, 4.69) is 33.6 Å². The maximum absolute atomic E-state index is 12.8. The number of amides is 2. The Kier molecular flexibility index (Phi) is 7.62. The molecule has 8 nitrogen and oxygen atoms in total. The molecule has 2 amide bonds. The Hall–Kier alpha value is -2.09. The van der Waals surface area contributed by atoms with Crippen molar-refractivity contribution in [3.05, 3.63) is 18.2 Å². The van der Waals surface area contributed by atoms with Crippen molar-refractivity contribution in [3.8, 4) is 0 Å². The van der Waals surface area contributed by atoms with E-state index in [1.165, 1.54) is 0 Å². The molecular formula is C23H39N5O3. The van der Waals surface area contributed by atoms with Gasteiger partial charge in [0.2, 0.25) is 5.91 Å². The molecule has 8 heteroatoms. The maximum Gasteiger partial charge on any atom is 0.410 e. The van der Waals surface area contributed by atoms with Gasteiger partial charge in [-0.15, -0.1) is 0 Å². The zero-order valence-electron chi connectivity index (χ0n) is 19.8. The lowest BCUT2D eigenvalue weighted by Gasteiger charge is -2.33. The Balaban J connectivity index is 1.49. The Morgan fingerprint density at radius 1 is 1.23 bits per heavy atom. The summed E-state index contributed by atoms with van der Waals surface area (Å²) in [6.07, 6.45) is 7.27. The third-order valence-electron chi connectivity index (χ3n) is 6.02. The second kappa shape index (κ2) is 10.0. The SMILES string of the molecule is CC(C)n1ccnc1CN1CCC[C@@H](CNC(=O)[C@H]2CCCN2C(=O)OC(C)(C)C)C1. The van der Waals surface area contributed by atoms with E-state index in [4.69, 9.17) is 4.74 Å². The molecule has 1 aromatic heterocycles. The molecule has 0 bridgehead atoms. The first-order valence-corrected chi connectivity index (χ1v) is 11.7. The fourth-order valence-electron chi connectivity index (χ4n) is 4.54. The van der Waals surface area contributed by atoms with Crippen LogP contribution in [0.3, 0.4) is 0 Å². The molecule has 0 aliphatic carbocycles. The van der Waals surface area contributed by atoms with Crippen LogP contribution in [0.4, 0.5) is 4.79 Å². The van der Waals surface area contributed by atoms with Gasteiger partial charge in [0, 0.05) is 38.1 Å². The lowest BCUT2D eigenvalue weighted by atomic mass is 9.97. The van der Waals surface area contributed by atoms with E-state index in [0.717, 1.165) is 44.7 Å². The Morgan fingerprint density at radius 2 is 1.97 bits per heavy atom. The molecule has 0 aromatic carbocycles. The summed E-state index contributed by atoms with van der Waals surface area (Å²) >= 11 is 0. The maximum atomic E-state index is 12.8. The minimum atomic E-state index is -0.559. The summed E-state index contributed by atoms with van der Waals surface area (Å²) in [6, 6.07) is -0.0234. The third kappa shape index (κ3) is 6.45. The zero-order chi connectivity index (χ0) is 22.6. The van der Waals surface area contributed by atoms with Gasteiger partial charge < -0.3 is 14.6 Å². The number of likely N-dealkylation sites (tertiary alicyclic amines) is 2. The number of imidazole rings is 1. The smallest absolute Gasteiger partial charge is 0.410 e. The van der Waals surface area contributed by atoms with Gasteiger partial charge in [0.25, 0.3) is 0 Å². The van der Waals surface area contributed by atoms with Crippen molar-refractivity contribution in [1.29, 1.82) is 0 Å². The van der Waals surface area contributed by atoms with Gasteiger partial charge in [-0.2, -0.15) is 0 Å². The molecule has 3 heterocycles. The second-order valence-electron chi connectivity index (χ2n) is 10.2. The zero-order valence-corrected chi connectivity index (χ0v) is 19.8. The van der Waals surface area contributed by atoms with Crippen LogP contribution in [0.1, 0.15) is 72.2 Å². The number of carbonyl (C=O) groups excluding carboxylic acids is 2. The lowest BCUT2D eigenvalue weighted by molar-refractivity contribution is -0.125. The van der Waals surface area contributed by atoms with Crippen molar-refractivity contribution >= 4 is 12.0 Å². The summed E-state index contributed by atoms with van der Waals surface area (Å²) in [5, 5.41) is 3.12. The standard InChI is InChI=1S/C23H39N5O3/c1-17(2)27-13-10-24-20(27)16-26-11-6-8-18(15-26)14-25-21(29)19-9-7-12-28(19)22(30)31-23(3,4)5/h10,13,17-19H,6-9,11-12,14-16H2,1-5H3,(H,25,29)/t18-,19+/m0/s1. The Morgan fingerprint density at radius 3 is 2.68 bits per heavy atom. The first kappa shape index (κ1) is 23.6. The van der Waals surface area contributed by atoms with Gasteiger partial charge >= 0.3 is 6.09 Å².